The van der Waals surface area contributed by atoms with Gasteiger partial charge in [-0.3, -0.25) is 0 Å². The van der Waals surface area contributed by atoms with Gasteiger partial charge in [-0.25, -0.2) is 0 Å². The van der Waals surface area contributed by atoms with E-state index in [9.17, 15) is 0 Å². The Labute approximate surface area is 108 Å². The van der Waals surface area contributed by atoms with Gasteiger partial charge in [-0.1, -0.05) is 6.07 Å². The van der Waals surface area contributed by atoms with Gasteiger partial charge in [-0.05, 0) is 36.6 Å². The maximum atomic E-state index is 5.49. The third-order valence-corrected chi connectivity index (χ3v) is 3.74. The first-order chi connectivity index (χ1) is 8.88. The van der Waals surface area contributed by atoms with Crippen LogP contribution < -0.4 is 15.4 Å². The molecule has 0 unspecified atom stereocenters. The summed E-state index contributed by atoms with van der Waals surface area (Å²) in [4.78, 5) is 0. The number of rotatable bonds is 3. The molecule has 0 bridgehead atoms. The molecule has 4 nitrogen and oxygen atoms in total. The summed E-state index contributed by atoms with van der Waals surface area (Å²) in [7, 11) is 1.73. The summed E-state index contributed by atoms with van der Waals surface area (Å²) in [6, 6.07) is 4.67. The number of methoxy groups -OCH3 is 1. The molecule has 2 aliphatic heterocycles. The lowest BCUT2D eigenvalue weighted by atomic mass is 9.98. The number of ether oxygens (including phenoxy) is 2. The van der Waals surface area contributed by atoms with Gasteiger partial charge in [0.15, 0.2) is 0 Å². The summed E-state index contributed by atoms with van der Waals surface area (Å²) >= 11 is 0. The molecule has 1 saturated heterocycles. The van der Waals surface area contributed by atoms with Gasteiger partial charge in [-0.2, -0.15) is 0 Å². The van der Waals surface area contributed by atoms with Crippen LogP contribution in [0.4, 0.5) is 5.69 Å². The minimum absolute atomic E-state index is 0.410. The maximum Gasteiger partial charge on any atom is 0.142 e. The summed E-state index contributed by atoms with van der Waals surface area (Å²) in [5.41, 5.74) is 3.93. The molecule has 98 valence electrons. The van der Waals surface area contributed by atoms with Crippen LogP contribution in [0.1, 0.15) is 17.5 Å². The second-order valence-electron chi connectivity index (χ2n) is 4.91. The van der Waals surface area contributed by atoms with E-state index in [0.717, 1.165) is 50.6 Å². The number of hydrogen-bond acceptors (Lipinski definition) is 4. The number of hydrogen-bond donors (Lipinski definition) is 2. The molecule has 4 heteroatoms. The van der Waals surface area contributed by atoms with Crippen LogP contribution in [0.5, 0.6) is 5.75 Å². The second-order valence-corrected chi connectivity index (χ2v) is 4.91. The number of fused-ring (bicyclic) bond motifs is 1. The fourth-order valence-corrected chi connectivity index (χ4v) is 2.72. The average Bonchev–Trinajstić information content (AvgIpc) is 2.92. The van der Waals surface area contributed by atoms with E-state index in [1.54, 1.807) is 7.11 Å². The van der Waals surface area contributed by atoms with Gasteiger partial charge in [0.1, 0.15) is 5.75 Å². The largest absolute Gasteiger partial charge is 0.495 e. The highest BCUT2D eigenvalue weighted by Gasteiger charge is 2.21. The SMILES string of the molecule is COc1ccc2c(c1N[C@H]1CCOC1)CNCC2. The molecule has 1 fully saturated rings. The zero-order chi connectivity index (χ0) is 12.4. The van der Waals surface area contributed by atoms with E-state index in [4.69, 9.17) is 9.47 Å². The van der Waals surface area contributed by atoms with Crippen LogP contribution in [0, 0.1) is 0 Å². The second kappa shape index (κ2) is 5.16. The quantitative estimate of drug-likeness (QED) is 0.851. The Balaban J connectivity index is 1.92. The molecule has 0 spiro atoms. The number of benzene rings is 1. The molecule has 3 rings (SSSR count). The normalized spacial score (nSPS) is 22.6. The number of anilines is 1. The van der Waals surface area contributed by atoms with Crippen molar-refractivity contribution in [2.45, 2.75) is 25.4 Å². The lowest BCUT2D eigenvalue weighted by molar-refractivity contribution is 0.195. The van der Waals surface area contributed by atoms with Gasteiger partial charge in [-0.15, -0.1) is 0 Å². The zero-order valence-electron chi connectivity index (χ0n) is 10.8. The zero-order valence-corrected chi connectivity index (χ0v) is 10.8. The minimum atomic E-state index is 0.410. The van der Waals surface area contributed by atoms with Crippen LogP contribution in [-0.2, 0) is 17.7 Å². The third kappa shape index (κ3) is 2.18. The highest BCUT2D eigenvalue weighted by atomic mass is 16.5. The van der Waals surface area contributed by atoms with Crippen LogP contribution in [0.25, 0.3) is 0 Å². The van der Waals surface area contributed by atoms with Gasteiger partial charge >= 0.3 is 0 Å². The Morgan fingerprint density at radius 3 is 3.17 bits per heavy atom. The van der Waals surface area contributed by atoms with E-state index in [0.29, 0.717) is 6.04 Å². The first kappa shape index (κ1) is 11.8. The van der Waals surface area contributed by atoms with Crippen LogP contribution in [0.3, 0.4) is 0 Å². The molecule has 0 aliphatic carbocycles. The molecular formula is C14H20N2O2. The Bertz CT molecular complexity index is 428. The van der Waals surface area contributed by atoms with E-state index in [1.807, 2.05) is 0 Å². The van der Waals surface area contributed by atoms with Crippen molar-refractivity contribution < 1.29 is 9.47 Å². The van der Waals surface area contributed by atoms with E-state index in [2.05, 4.69) is 22.8 Å². The molecule has 0 saturated carbocycles. The average molecular weight is 248 g/mol. The molecule has 1 aromatic rings. The van der Waals surface area contributed by atoms with Crippen molar-refractivity contribution in [1.29, 1.82) is 0 Å². The van der Waals surface area contributed by atoms with Crippen molar-refractivity contribution >= 4 is 5.69 Å². The van der Waals surface area contributed by atoms with Crippen molar-refractivity contribution in [3.63, 3.8) is 0 Å². The van der Waals surface area contributed by atoms with Crippen LogP contribution in [-0.4, -0.2) is 32.9 Å². The Morgan fingerprint density at radius 1 is 1.44 bits per heavy atom. The molecule has 0 aromatic heterocycles. The van der Waals surface area contributed by atoms with E-state index < -0.39 is 0 Å². The maximum absolute atomic E-state index is 5.49. The predicted octanol–water partition coefficient (Wildman–Crippen LogP) is 1.54. The summed E-state index contributed by atoms with van der Waals surface area (Å²) in [6.45, 7) is 3.63. The molecule has 2 aliphatic rings. The van der Waals surface area contributed by atoms with Crippen molar-refractivity contribution in [3.05, 3.63) is 23.3 Å². The molecule has 18 heavy (non-hydrogen) atoms. The summed E-state index contributed by atoms with van der Waals surface area (Å²) in [5, 5.41) is 7.03. The standard InChI is InChI=1S/C14H20N2O2/c1-17-13-3-2-10-4-6-15-8-12(10)14(13)16-11-5-7-18-9-11/h2-3,11,15-16H,4-9H2,1H3/t11-/m0/s1. The lowest BCUT2D eigenvalue weighted by Crippen LogP contribution is -2.27. The molecule has 1 atom stereocenters. The van der Waals surface area contributed by atoms with Gasteiger partial charge in [0, 0.05) is 13.2 Å². The van der Waals surface area contributed by atoms with Crippen molar-refractivity contribution in [3.8, 4) is 5.75 Å². The smallest absolute Gasteiger partial charge is 0.142 e. The van der Waals surface area contributed by atoms with Crippen LogP contribution >= 0.6 is 0 Å². The molecule has 2 heterocycles. The third-order valence-electron chi connectivity index (χ3n) is 3.74. The Kier molecular flexibility index (Phi) is 3.39. The van der Waals surface area contributed by atoms with Gasteiger partial charge < -0.3 is 20.1 Å². The van der Waals surface area contributed by atoms with Crippen LogP contribution in [0.2, 0.25) is 0 Å². The molecule has 0 radical (unpaired) electrons. The molecular weight excluding hydrogens is 228 g/mol. The lowest BCUT2D eigenvalue weighted by Gasteiger charge is -2.25. The topological polar surface area (TPSA) is 42.5 Å². The highest BCUT2D eigenvalue weighted by molar-refractivity contribution is 5.65. The van der Waals surface area contributed by atoms with Crippen LogP contribution in [0.15, 0.2) is 12.1 Å². The first-order valence-corrected chi connectivity index (χ1v) is 6.62. The molecule has 2 N–H and O–H groups in total. The summed E-state index contributed by atoms with van der Waals surface area (Å²) < 4.78 is 10.9. The Hall–Kier alpha value is -1.26. The van der Waals surface area contributed by atoms with Gasteiger partial charge in [0.2, 0.25) is 0 Å². The van der Waals surface area contributed by atoms with Crippen molar-refractivity contribution in [2.75, 3.05) is 32.2 Å². The minimum Gasteiger partial charge on any atom is -0.495 e. The van der Waals surface area contributed by atoms with Gasteiger partial charge in [0.25, 0.3) is 0 Å². The number of nitrogens with one attached hydrogen (secondary N) is 2. The van der Waals surface area contributed by atoms with E-state index >= 15 is 0 Å². The summed E-state index contributed by atoms with van der Waals surface area (Å²) in [6.07, 6.45) is 2.16. The molecule has 0 amide bonds. The van der Waals surface area contributed by atoms with Crippen molar-refractivity contribution in [1.82, 2.24) is 5.32 Å². The van der Waals surface area contributed by atoms with E-state index in [-0.39, 0.29) is 0 Å². The fourth-order valence-electron chi connectivity index (χ4n) is 2.72. The predicted molar refractivity (Wildman–Crippen MR) is 71.3 cm³/mol. The van der Waals surface area contributed by atoms with Crippen molar-refractivity contribution in [2.24, 2.45) is 0 Å². The monoisotopic (exact) mass is 248 g/mol. The highest BCUT2D eigenvalue weighted by Crippen LogP contribution is 2.34. The Morgan fingerprint density at radius 2 is 2.39 bits per heavy atom. The van der Waals surface area contributed by atoms with Gasteiger partial charge in [0.05, 0.1) is 25.4 Å². The van der Waals surface area contributed by atoms with E-state index in [1.165, 1.54) is 11.1 Å². The molecule has 1 aromatic carbocycles. The first-order valence-electron chi connectivity index (χ1n) is 6.62. The summed E-state index contributed by atoms with van der Waals surface area (Å²) in [5.74, 6) is 0.935. The fraction of sp³-hybridized carbons (Fsp3) is 0.571.